The highest BCUT2D eigenvalue weighted by Crippen LogP contribution is 2.60. The van der Waals surface area contributed by atoms with Crippen LogP contribution < -0.4 is 40.1 Å². The largest absolute Gasteiger partial charge is 0.493 e. The number of benzene rings is 3. The van der Waals surface area contributed by atoms with E-state index in [0.29, 0.717) is 64.0 Å². The Hall–Kier alpha value is -5.61. The number of allylic oxidation sites excluding steroid dienone is 1. The van der Waals surface area contributed by atoms with Gasteiger partial charge in [0.05, 0.1) is 25.8 Å². The maximum Gasteiger partial charge on any atom is 0.317 e. The molecular formula is C45H51N4O15+. The van der Waals surface area contributed by atoms with Gasteiger partial charge in [-0.25, -0.2) is 0 Å². The van der Waals surface area contributed by atoms with E-state index in [1.807, 2.05) is 42.5 Å². The highest BCUT2D eigenvalue weighted by molar-refractivity contribution is 5.90. The number of carbonyl (C=O) groups excluding carboxylic acids is 1. The molecule has 64 heavy (non-hydrogen) atoms. The van der Waals surface area contributed by atoms with Gasteiger partial charge in [-0.3, -0.25) is 19.5 Å². The van der Waals surface area contributed by atoms with Crippen molar-refractivity contribution >= 4 is 18.2 Å². The zero-order valence-corrected chi connectivity index (χ0v) is 34.8. The van der Waals surface area contributed by atoms with Crippen molar-refractivity contribution in [3.63, 3.8) is 0 Å². The third-order valence-electron chi connectivity index (χ3n) is 12.9. The second kappa shape index (κ2) is 17.4. The van der Waals surface area contributed by atoms with Gasteiger partial charge in [0.25, 0.3) is 0 Å². The fourth-order valence-electron chi connectivity index (χ4n) is 9.97. The molecule has 0 amide bonds. The van der Waals surface area contributed by atoms with Gasteiger partial charge in [-0.15, -0.1) is 0 Å². The van der Waals surface area contributed by atoms with Crippen molar-refractivity contribution in [2.45, 2.75) is 92.8 Å². The Morgan fingerprint density at radius 3 is 2.58 bits per heavy atom. The van der Waals surface area contributed by atoms with Gasteiger partial charge in [0.2, 0.25) is 12.0 Å². The molecule has 0 spiro atoms. The highest BCUT2D eigenvalue weighted by Gasteiger charge is 2.60. The average molecular weight is 888 g/mol. The molecule has 10 atom stereocenters. The first-order valence-corrected chi connectivity index (χ1v) is 21.1. The van der Waals surface area contributed by atoms with Gasteiger partial charge in [-0.1, -0.05) is 36.4 Å². The molecule has 19 heteroatoms. The number of ether oxygens (including phenoxy) is 7. The number of carbonyl (C=O) groups is 2. The van der Waals surface area contributed by atoms with E-state index >= 15 is 0 Å². The monoisotopic (exact) mass is 887 g/mol. The number of rotatable bonds is 14. The summed E-state index contributed by atoms with van der Waals surface area (Å²) in [5.41, 5.74) is 15.8. The number of nitrogens with zero attached hydrogens (tertiary/aromatic N) is 1. The third-order valence-corrected chi connectivity index (χ3v) is 12.9. The van der Waals surface area contributed by atoms with Crippen LogP contribution in [0.2, 0.25) is 0 Å². The van der Waals surface area contributed by atoms with E-state index in [1.165, 1.54) is 7.11 Å². The lowest BCUT2D eigenvalue weighted by atomic mass is 9.78. The van der Waals surface area contributed by atoms with Crippen molar-refractivity contribution in [3.8, 4) is 28.7 Å². The van der Waals surface area contributed by atoms with Gasteiger partial charge in [0, 0.05) is 46.5 Å². The van der Waals surface area contributed by atoms with Crippen molar-refractivity contribution < 1.29 is 78.3 Å². The molecule has 1 saturated heterocycles. The maximum absolute atomic E-state index is 12.5. The molecule has 0 saturated carbocycles. The number of quaternary nitrogens is 1. The number of aliphatic hydroxyl groups excluding tert-OH is 4. The van der Waals surface area contributed by atoms with Crippen LogP contribution in [0.5, 0.6) is 28.7 Å². The molecule has 6 heterocycles. The Morgan fingerprint density at radius 2 is 1.86 bits per heavy atom. The first-order valence-electron chi connectivity index (χ1n) is 21.1. The standard InChI is InChI=1S/C45H50N4O15/c1-58-27-8-7-24-33-29(15-21-5-3-2-4-6-21)60-30-16-28-23(9-11-45(57)42(56)36(55)40(64-44(45)61-28)41(43(46)47)62-32(54)17-31(52)53)25(19-49-18-22-10-12-48-35(22)26(49)20-51)34(30)39(33)63-37(24)38(27)59-14-13-50/h2-8,10,12,16,29,33,36,39-44,50-51,55-57H,9,11,13-15,17-20,46-47H2,1H3,(H,52,53)/p+1. The normalized spacial score (nSPS) is 28.8. The van der Waals surface area contributed by atoms with Crippen LogP contribution in [-0.4, -0.2) is 131 Å². The molecule has 0 aromatic heterocycles. The molecule has 0 bridgehead atoms. The minimum absolute atomic E-state index is 0.0202. The number of fused-ring (bicyclic) bond motifs is 8. The minimum atomic E-state index is -2.26. The summed E-state index contributed by atoms with van der Waals surface area (Å²) in [6.07, 6.45) is -8.77. The molecule has 0 aliphatic carbocycles. The predicted molar refractivity (Wildman–Crippen MR) is 222 cm³/mol. The number of aliphatic hydroxyl groups is 5. The Morgan fingerprint density at radius 1 is 1.06 bits per heavy atom. The zero-order chi connectivity index (χ0) is 45.0. The quantitative estimate of drug-likeness (QED) is 0.0535. The average Bonchev–Trinajstić information content (AvgIpc) is 3.95. The van der Waals surface area contributed by atoms with E-state index < -0.39 is 79.0 Å². The van der Waals surface area contributed by atoms with E-state index in [4.69, 9.17) is 49.7 Å². The van der Waals surface area contributed by atoms with Crippen LogP contribution >= 0.6 is 0 Å². The first kappa shape index (κ1) is 43.6. The zero-order valence-electron chi connectivity index (χ0n) is 34.8. The van der Waals surface area contributed by atoms with Crippen molar-refractivity contribution in [2.24, 2.45) is 16.5 Å². The summed E-state index contributed by atoms with van der Waals surface area (Å²) in [6.45, 7) is 0.213. The van der Waals surface area contributed by atoms with Crippen LogP contribution in [0.3, 0.4) is 0 Å². The first-order chi connectivity index (χ1) is 30.8. The summed E-state index contributed by atoms with van der Waals surface area (Å²) >= 11 is 0. The lowest BCUT2D eigenvalue weighted by Gasteiger charge is -2.48. The van der Waals surface area contributed by atoms with E-state index in [1.54, 1.807) is 18.3 Å². The van der Waals surface area contributed by atoms with Crippen molar-refractivity contribution in [1.82, 2.24) is 0 Å². The molecule has 11 N–H and O–H groups in total. The minimum Gasteiger partial charge on any atom is -0.493 e. The van der Waals surface area contributed by atoms with Gasteiger partial charge >= 0.3 is 11.9 Å². The molecule has 340 valence electrons. The van der Waals surface area contributed by atoms with Crippen LogP contribution in [0.4, 0.5) is 0 Å². The number of hydrogen-bond donors (Lipinski definition) is 9. The van der Waals surface area contributed by atoms with Gasteiger partial charge in [-0.05, 0) is 30.5 Å². The van der Waals surface area contributed by atoms with Crippen molar-refractivity contribution in [1.29, 1.82) is 0 Å². The summed E-state index contributed by atoms with van der Waals surface area (Å²) in [5.74, 6) is -1.33. The van der Waals surface area contributed by atoms with Crippen LogP contribution in [-0.2, 0) is 38.4 Å². The van der Waals surface area contributed by atoms with Crippen LogP contribution in [0.1, 0.15) is 52.7 Å². The number of nitrogens with one attached hydrogen (secondary N) is 1. The number of hydrogen-bond acceptors (Lipinski definition) is 17. The molecule has 6 aliphatic heterocycles. The molecule has 9 rings (SSSR count). The molecule has 6 aliphatic rings. The molecule has 19 nitrogen and oxygen atoms in total. The number of carboxylic acid groups (broad SMARTS) is 1. The predicted octanol–water partition coefficient (Wildman–Crippen LogP) is -0.967. The smallest absolute Gasteiger partial charge is 0.317 e. The summed E-state index contributed by atoms with van der Waals surface area (Å²) in [6, 6.07) is 15.2. The van der Waals surface area contributed by atoms with E-state index in [9.17, 15) is 35.1 Å². The molecule has 3 aromatic carbocycles. The van der Waals surface area contributed by atoms with Gasteiger partial charge in [0.15, 0.2) is 28.9 Å². The Labute approximate surface area is 366 Å². The summed E-state index contributed by atoms with van der Waals surface area (Å²) in [4.78, 5) is 29.2. The second-order valence-corrected chi connectivity index (χ2v) is 16.7. The van der Waals surface area contributed by atoms with E-state index in [2.05, 4.69) is 4.99 Å². The number of aliphatic carboxylic acids is 1. The maximum atomic E-state index is 12.5. The second-order valence-electron chi connectivity index (χ2n) is 16.7. The topological polar surface area (TPSA) is 289 Å². The molecule has 1 fully saturated rings. The number of carboxylic acids is 1. The lowest BCUT2D eigenvalue weighted by molar-refractivity contribution is -0.867. The number of methoxy groups -OCH3 is 1. The van der Waals surface area contributed by atoms with Gasteiger partial charge < -0.3 is 75.3 Å². The van der Waals surface area contributed by atoms with E-state index in [-0.39, 0.29) is 45.0 Å². The third kappa shape index (κ3) is 7.55. The Balaban J connectivity index is 1.18. The lowest BCUT2D eigenvalue weighted by Crippen LogP contribution is -3.08. The molecular weight excluding hydrogens is 837 g/mol. The molecule has 0 radical (unpaired) electrons. The fourth-order valence-corrected chi connectivity index (χ4v) is 9.97. The van der Waals surface area contributed by atoms with Gasteiger partial charge in [-0.2, -0.15) is 0 Å². The summed E-state index contributed by atoms with van der Waals surface area (Å²) < 4.78 is 43.9. The number of aliphatic imine (C=N–C) groups is 1. The van der Waals surface area contributed by atoms with Crippen LogP contribution in [0.15, 0.2) is 76.6 Å². The Kier molecular flexibility index (Phi) is 11.9. The number of nitrogens with two attached hydrogens (primary N) is 2. The SMILES string of the molecule is COc1ccc2c(c1OCCO)OC1c3c(cc4c(c3C[NH+]3CC5=CC=NC5=C3CO)CCC3(O)C(O4)OC(C(OC(=O)CC(=O)O)C(N)N)C(O)C3O)OC(Cc3ccccc3)C21. The molecule has 3 aromatic rings. The van der Waals surface area contributed by atoms with Crippen LogP contribution in [0.25, 0.3) is 0 Å². The number of esters is 1. The summed E-state index contributed by atoms with van der Waals surface area (Å²) in [5, 5.41) is 65.1. The fraction of sp³-hybridized carbons (Fsp3) is 0.444. The molecule has 10 unspecified atom stereocenters. The highest BCUT2D eigenvalue weighted by atomic mass is 16.7. The van der Waals surface area contributed by atoms with Crippen molar-refractivity contribution in [2.75, 3.05) is 33.5 Å². The van der Waals surface area contributed by atoms with Crippen LogP contribution in [0, 0.1) is 0 Å². The summed E-state index contributed by atoms with van der Waals surface area (Å²) in [7, 11) is 1.52. The van der Waals surface area contributed by atoms with E-state index in [0.717, 1.165) is 21.6 Å². The van der Waals surface area contributed by atoms with Gasteiger partial charge in [0.1, 0.15) is 80.4 Å². The van der Waals surface area contributed by atoms with Crippen molar-refractivity contribution in [3.05, 3.63) is 99.4 Å². The Bertz CT molecular complexity index is 2410.